The third-order valence-corrected chi connectivity index (χ3v) is 6.11. The summed E-state index contributed by atoms with van der Waals surface area (Å²) in [6, 6.07) is 6.22. The Morgan fingerprint density at radius 3 is 2.79 bits per heavy atom. The second-order valence-electron chi connectivity index (χ2n) is 9.56. The lowest BCUT2D eigenvalue weighted by Crippen LogP contribution is -2.48. The highest BCUT2D eigenvalue weighted by atomic mass is 16.5. The third kappa shape index (κ3) is 4.43. The number of aliphatic hydroxyl groups is 1. The van der Waals surface area contributed by atoms with E-state index in [1.807, 2.05) is 0 Å². The van der Waals surface area contributed by atoms with Gasteiger partial charge in [-0.3, -0.25) is 4.90 Å². The molecule has 1 saturated heterocycles. The number of ether oxygens (including phenoxy) is 2. The number of fused-ring (bicyclic) bond motifs is 3. The number of hydrogen-bond acceptors (Lipinski definition) is 6. The first kappa shape index (κ1) is 20.2. The molecule has 6 nitrogen and oxygen atoms in total. The van der Waals surface area contributed by atoms with E-state index in [1.54, 1.807) is 19.4 Å². The molecule has 0 bridgehead atoms. The fourth-order valence-electron chi connectivity index (χ4n) is 4.82. The van der Waals surface area contributed by atoms with Crippen molar-refractivity contribution in [1.82, 2.24) is 10.1 Å². The van der Waals surface area contributed by atoms with Gasteiger partial charge in [-0.2, -0.15) is 0 Å². The molecule has 0 aliphatic carbocycles. The summed E-state index contributed by atoms with van der Waals surface area (Å²) in [7, 11) is 1.67. The van der Waals surface area contributed by atoms with Crippen LogP contribution < -0.4 is 9.47 Å². The van der Waals surface area contributed by atoms with Crippen molar-refractivity contribution in [3.05, 3.63) is 41.3 Å². The Balaban J connectivity index is 1.54. The molecule has 6 heteroatoms. The fraction of sp³-hybridized carbons (Fsp3) is 0.609. The first-order valence-electron chi connectivity index (χ1n) is 10.5. The van der Waals surface area contributed by atoms with Gasteiger partial charge in [0.1, 0.15) is 6.61 Å². The summed E-state index contributed by atoms with van der Waals surface area (Å²) < 4.78 is 16.7. The van der Waals surface area contributed by atoms with Crippen LogP contribution in [0, 0.1) is 11.3 Å². The number of methoxy groups -OCH3 is 1. The number of aromatic nitrogens is 1. The van der Waals surface area contributed by atoms with E-state index in [9.17, 15) is 5.11 Å². The van der Waals surface area contributed by atoms with Crippen LogP contribution in [0.3, 0.4) is 0 Å². The molecule has 0 radical (unpaired) electrons. The molecule has 2 aromatic rings. The molecule has 0 saturated carbocycles. The smallest absolute Gasteiger partial charge is 0.174 e. The summed E-state index contributed by atoms with van der Waals surface area (Å²) in [6.07, 6.45) is 4.14. The zero-order valence-electron chi connectivity index (χ0n) is 17.9. The van der Waals surface area contributed by atoms with E-state index in [0.717, 1.165) is 43.9 Å². The van der Waals surface area contributed by atoms with Crippen LogP contribution in [0.4, 0.5) is 0 Å². The molecule has 0 amide bonds. The maximum Gasteiger partial charge on any atom is 0.174 e. The van der Waals surface area contributed by atoms with Crippen LogP contribution in [-0.2, 0) is 13.0 Å². The number of aliphatic hydroxyl groups excluding tert-OH is 1. The molecule has 1 aromatic heterocycles. The number of rotatable bonds is 5. The first-order chi connectivity index (χ1) is 13.8. The van der Waals surface area contributed by atoms with Gasteiger partial charge in [-0.1, -0.05) is 25.9 Å². The van der Waals surface area contributed by atoms with E-state index in [2.05, 4.69) is 43.0 Å². The molecule has 1 fully saturated rings. The van der Waals surface area contributed by atoms with Crippen LogP contribution in [0.1, 0.15) is 56.5 Å². The molecule has 3 heterocycles. The zero-order chi connectivity index (χ0) is 20.6. The second-order valence-corrected chi connectivity index (χ2v) is 9.56. The number of hydrogen-bond donors (Lipinski definition) is 1. The average Bonchev–Trinajstić information content (AvgIpc) is 3.19. The normalized spacial score (nSPS) is 24.7. The number of piperidine rings is 1. The Hall–Kier alpha value is -2.05. The van der Waals surface area contributed by atoms with Crippen LogP contribution in [0.2, 0.25) is 0 Å². The minimum absolute atomic E-state index is 0.227. The standard InChI is InChI=1S/C23H32N2O4/c1-23(2,3)12-16-13-25-8-6-15-9-22(28-14-17-5-7-24-29-17)21(27-4)10-18(15)19(25)11-20(16)26/h5,7,9-10,16,19-20,26H,6,8,11-14H2,1-4H3/t16-,19-,20-/m1/s1. The van der Waals surface area contributed by atoms with Gasteiger partial charge in [-0.25, -0.2) is 0 Å². The molecule has 0 spiro atoms. The van der Waals surface area contributed by atoms with Gasteiger partial charge in [-0.05, 0) is 53.9 Å². The van der Waals surface area contributed by atoms with Gasteiger partial charge in [0.2, 0.25) is 0 Å². The highest BCUT2D eigenvalue weighted by Crippen LogP contribution is 2.44. The molecule has 29 heavy (non-hydrogen) atoms. The van der Waals surface area contributed by atoms with Crippen molar-refractivity contribution < 1.29 is 19.1 Å². The summed E-state index contributed by atoms with van der Waals surface area (Å²) in [5.74, 6) is 2.45. The van der Waals surface area contributed by atoms with Crippen molar-refractivity contribution in [3.8, 4) is 11.5 Å². The largest absolute Gasteiger partial charge is 0.493 e. The molecule has 2 aliphatic rings. The summed E-state index contributed by atoms with van der Waals surface area (Å²) in [6.45, 7) is 9.04. The first-order valence-corrected chi connectivity index (χ1v) is 10.5. The summed E-state index contributed by atoms with van der Waals surface area (Å²) in [5, 5.41) is 14.6. The molecular weight excluding hydrogens is 368 g/mol. The molecule has 0 unspecified atom stereocenters. The monoisotopic (exact) mass is 400 g/mol. The predicted octanol–water partition coefficient (Wildman–Crippen LogP) is 3.98. The molecule has 4 rings (SSSR count). The van der Waals surface area contributed by atoms with Crippen LogP contribution in [-0.4, -0.2) is 41.5 Å². The highest BCUT2D eigenvalue weighted by Gasteiger charge is 2.39. The van der Waals surface area contributed by atoms with E-state index in [0.29, 0.717) is 18.3 Å². The van der Waals surface area contributed by atoms with Crippen LogP contribution in [0.25, 0.3) is 0 Å². The number of benzene rings is 1. The molecule has 1 aromatic carbocycles. The molecule has 158 valence electrons. The lowest BCUT2D eigenvalue weighted by Gasteiger charge is -2.47. The van der Waals surface area contributed by atoms with Crippen molar-refractivity contribution in [2.75, 3.05) is 20.2 Å². The summed E-state index contributed by atoms with van der Waals surface area (Å²) in [5.41, 5.74) is 2.76. The van der Waals surface area contributed by atoms with Crippen molar-refractivity contribution in [1.29, 1.82) is 0 Å². The van der Waals surface area contributed by atoms with E-state index < -0.39 is 0 Å². The van der Waals surface area contributed by atoms with Gasteiger partial charge in [0.05, 0.1) is 19.4 Å². The zero-order valence-corrected chi connectivity index (χ0v) is 17.9. The predicted molar refractivity (Wildman–Crippen MR) is 110 cm³/mol. The lowest BCUT2D eigenvalue weighted by molar-refractivity contribution is -0.0259. The molecule has 2 aliphatic heterocycles. The topological polar surface area (TPSA) is 68.0 Å². The Morgan fingerprint density at radius 1 is 1.28 bits per heavy atom. The van der Waals surface area contributed by atoms with Crippen molar-refractivity contribution in [3.63, 3.8) is 0 Å². The summed E-state index contributed by atoms with van der Waals surface area (Å²) in [4.78, 5) is 2.54. The van der Waals surface area contributed by atoms with Gasteiger partial charge in [0.25, 0.3) is 0 Å². The van der Waals surface area contributed by atoms with Crippen LogP contribution in [0.5, 0.6) is 11.5 Å². The van der Waals surface area contributed by atoms with Gasteiger partial charge in [0.15, 0.2) is 17.3 Å². The molecule has 3 atom stereocenters. The van der Waals surface area contributed by atoms with Crippen molar-refractivity contribution >= 4 is 0 Å². The maximum absolute atomic E-state index is 10.9. The van der Waals surface area contributed by atoms with E-state index in [-0.39, 0.29) is 17.6 Å². The SMILES string of the molecule is COc1cc2c(cc1OCc1ccno1)CCN1C[C@@H](CC(C)(C)C)[C@H](O)C[C@H]21. The van der Waals surface area contributed by atoms with Crippen LogP contribution in [0.15, 0.2) is 28.9 Å². The Labute approximate surface area is 172 Å². The minimum atomic E-state index is -0.269. The lowest BCUT2D eigenvalue weighted by atomic mass is 9.75. The van der Waals surface area contributed by atoms with Gasteiger partial charge in [-0.15, -0.1) is 0 Å². The van der Waals surface area contributed by atoms with E-state index in [4.69, 9.17) is 14.0 Å². The second kappa shape index (κ2) is 8.00. The van der Waals surface area contributed by atoms with E-state index >= 15 is 0 Å². The van der Waals surface area contributed by atoms with Crippen molar-refractivity contribution in [2.45, 2.75) is 58.8 Å². The molecule has 1 N–H and O–H groups in total. The highest BCUT2D eigenvalue weighted by molar-refractivity contribution is 5.49. The minimum Gasteiger partial charge on any atom is -0.493 e. The average molecular weight is 401 g/mol. The van der Waals surface area contributed by atoms with Gasteiger partial charge in [0, 0.05) is 25.2 Å². The summed E-state index contributed by atoms with van der Waals surface area (Å²) >= 11 is 0. The maximum atomic E-state index is 10.9. The Kier molecular flexibility index (Phi) is 5.58. The third-order valence-electron chi connectivity index (χ3n) is 6.11. The van der Waals surface area contributed by atoms with Crippen LogP contribution >= 0.6 is 0 Å². The van der Waals surface area contributed by atoms with Crippen molar-refractivity contribution in [2.24, 2.45) is 11.3 Å². The fourth-order valence-corrected chi connectivity index (χ4v) is 4.82. The quantitative estimate of drug-likeness (QED) is 0.819. The van der Waals surface area contributed by atoms with Gasteiger partial charge < -0.3 is 19.1 Å². The Bertz CT molecular complexity index is 828. The number of nitrogens with zero attached hydrogens (tertiary/aromatic N) is 2. The Morgan fingerprint density at radius 2 is 2.10 bits per heavy atom. The van der Waals surface area contributed by atoms with Gasteiger partial charge >= 0.3 is 0 Å². The molecular formula is C23H32N2O4. The van der Waals surface area contributed by atoms with E-state index in [1.165, 1.54) is 11.1 Å².